The summed E-state index contributed by atoms with van der Waals surface area (Å²) in [5.74, 6) is 3.22. The largest absolute Gasteiger partial charge is 0.392 e. The quantitative estimate of drug-likeness (QED) is 0.718. The monoisotopic (exact) mass is 249 g/mol. The predicted octanol–water partition coefficient (Wildman–Crippen LogP) is 1.65. The first-order valence-electron chi connectivity index (χ1n) is 7.50. The van der Waals surface area contributed by atoms with Crippen LogP contribution in [0.15, 0.2) is 0 Å². The molecule has 1 aliphatic heterocycles. The summed E-state index contributed by atoms with van der Waals surface area (Å²) in [6, 6.07) is 0. The lowest BCUT2D eigenvalue weighted by molar-refractivity contribution is -0.231. The first-order chi connectivity index (χ1) is 8.55. The van der Waals surface area contributed by atoms with Crippen LogP contribution in [0.5, 0.6) is 0 Å². The Balaban J connectivity index is 1.76. The summed E-state index contributed by atoms with van der Waals surface area (Å²) in [6.45, 7) is 1.81. The van der Waals surface area contributed by atoms with Crippen LogP contribution in [0, 0.1) is 29.6 Å². The highest BCUT2D eigenvalue weighted by Crippen LogP contribution is 2.65. The van der Waals surface area contributed by atoms with Crippen molar-refractivity contribution in [2.45, 2.75) is 50.7 Å². The van der Waals surface area contributed by atoms with Crippen molar-refractivity contribution in [3.8, 4) is 0 Å². The second-order valence-electron chi connectivity index (χ2n) is 7.31. The number of β-lactam (4-membered cyclic amide) rings is 1. The average molecular weight is 249 g/mol. The van der Waals surface area contributed by atoms with Gasteiger partial charge >= 0.3 is 0 Å². The molecule has 2 atom stereocenters. The standard InChI is InChI=1S/C15H23NO2/c1-8(17)13-14(18)16(2)15(13)11-4-9-3-10(6-11)7-12(15)5-9/h8-13,17H,3-7H2,1-2H3. The van der Waals surface area contributed by atoms with Gasteiger partial charge in [0.1, 0.15) is 0 Å². The Morgan fingerprint density at radius 3 is 2.11 bits per heavy atom. The van der Waals surface area contributed by atoms with E-state index in [1.54, 1.807) is 0 Å². The summed E-state index contributed by atoms with van der Waals surface area (Å²) >= 11 is 0. The van der Waals surface area contributed by atoms with Crippen molar-refractivity contribution in [3.05, 3.63) is 0 Å². The van der Waals surface area contributed by atoms with Crippen LogP contribution in [-0.4, -0.2) is 34.6 Å². The summed E-state index contributed by atoms with van der Waals surface area (Å²) in [7, 11) is 1.98. The molecule has 4 saturated carbocycles. The summed E-state index contributed by atoms with van der Waals surface area (Å²) in [5, 5.41) is 10.1. The zero-order valence-corrected chi connectivity index (χ0v) is 11.3. The number of aliphatic hydroxyl groups is 1. The van der Waals surface area contributed by atoms with E-state index < -0.39 is 6.10 Å². The predicted molar refractivity (Wildman–Crippen MR) is 67.7 cm³/mol. The molecule has 1 saturated heterocycles. The molecule has 3 nitrogen and oxygen atoms in total. The highest BCUT2D eigenvalue weighted by molar-refractivity contribution is 5.88. The molecule has 18 heavy (non-hydrogen) atoms. The fraction of sp³-hybridized carbons (Fsp3) is 0.933. The zero-order valence-electron chi connectivity index (χ0n) is 11.3. The minimum Gasteiger partial charge on any atom is -0.392 e. The topological polar surface area (TPSA) is 40.5 Å². The second kappa shape index (κ2) is 3.30. The van der Waals surface area contributed by atoms with Gasteiger partial charge < -0.3 is 10.0 Å². The summed E-state index contributed by atoms with van der Waals surface area (Å²) in [5.41, 5.74) is 0.0265. The fourth-order valence-electron chi connectivity index (χ4n) is 6.33. The van der Waals surface area contributed by atoms with E-state index in [1.165, 1.54) is 32.1 Å². The molecular weight excluding hydrogens is 226 g/mol. The summed E-state index contributed by atoms with van der Waals surface area (Å²) < 4.78 is 0. The summed E-state index contributed by atoms with van der Waals surface area (Å²) in [6.07, 6.45) is 6.15. The normalized spacial score (nSPS) is 54.9. The molecule has 0 aromatic heterocycles. The number of rotatable bonds is 1. The van der Waals surface area contributed by atoms with Crippen LogP contribution >= 0.6 is 0 Å². The van der Waals surface area contributed by atoms with E-state index >= 15 is 0 Å². The minimum atomic E-state index is -0.480. The number of hydrogen-bond donors (Lipinski definition) is 1. The number of nitrogens with zero attached hydrogens (tertiary/aromatic N) is 1. The fourth-order valence-corrected chi connectivity index (χ4v) is 6.33. The number of aliphatic hydroxyl groups excluding tert-OH is 1. The molecule has 4 bridgehead atoms. The highest BCUT2D eigenvalue weighted by atomic mass is 16.3. The van der Waals surface area contributed by atoms with Crippen molar-refractivity contribution in [3.63, 3.8) is 0 Å². The van der Waals surface area contributed by atoms with Crippen LogP contribution < -0.4 is 0 Å². The van der Waals surface area contributed by atoms with Crippen LogP contribution in [0.25, 0.3) is 0 Å². The molecule has 0 aromatic rings. The van der Waals surface area contributed by atoms with Crippen molar-refractivity contribution >= 4 is 5.91 Å². The Morgan fingerprint density at radius 1 is 1.17 bits per heavy atom. The lowest BCUT2D eigenvalue weighted by Crippen LogP contribution is -2.81. The van der Waals surface area contributed by atoms with Crippen LogP contribution in [-0.2, 0) is 4.79 Å². The van der Waals surface area contributed by atoms with Gasteiger partial charge in [-0.05, 0) is 62.7 Å². The molecule has 2 unspecified atom stereocenters. The zero-order chi connectivity index (χ0) is 12.7. The molecule has 1 spiro atoms. The van der Waals surface area contributed by atoms with E-state index in [-0.39, 0.29) is 17.4 Å². The smallest absolute Gasteiger partial charge is 0.230 e. The van der Waals surface area contributed by atoms with Crippen molar-refractivity contribution in [1.29, 1.82) is 0 Å². The molecule has 5 fully saturated rings. The van der Waals surface area contributed by atoms with Crippen LogP contribution in [0.3, 0.4) is 0 Å². The van der Waals surface area contributed by atoms with Crippen molar-refractivity contribution in [1.82, 2.24) is 4.90 Å². The van der Waals surface area contributed by atoms with E-state index in [9.17, 15) is 9.90 Å². The molecule has 5 rings (SSSR count). The third-order valence-corrected chi connectivity index (χ3v) is 6.60. The number of carbonyl (C=O) groups excluding carboxylic acids is 1. The van der Waals surface area contributed by atoms with E-state index in [0.717, 1.165) is 11.8 Å². The van der Waals surface area contributed by atoms with Gasteiger partial charge in [0.2, 0.25) is 5.91 Å². The third kappa shape index (κ3) is 1.05. The molecule has 4 aliphatic carbocycles. The molecule has 100 valence electrons. The van der Waals surface area contributed by atoms with Gasteiger partial charge in [-0.1, -0.05) is 0 Å². The maximum atomic E-state index is 12.2. The lowest BCUT2D eigenvalue weighted by atomic mass is 9.42. The molecule has 1 amide bonds. The Hall–Kier alpha value is -0.570. The van der Waals surface area contributed by atoms with Gasteiger partial charge in [-0.25, -0.2) is 0 Å². The molecule has 3 heteroatoms. The van der Waals surface area contributed by atoms with Gasteiger partial charge in [-0.2, -0.15) is 0 Å². The molecule has 0 radical (unpaired) electrons. The maximum Gasteiger partial charge on any atom is 0.230 e. The lowest BCUT2D eigenvalue weighted by Gasteiger charge is -2.71. The van der Waals surface area contributed by atoms with E-state index in [1.807, 2.05) is 18.9 Å². The van der Waals surface area contributed by atoms with Gasteiger partial charge in [-0.3, -0.25) is 4.79 Å². The van der Waals surface area contributed by atoms with E-state index in [0.29, 0.717) is 11.8 Å². The average Bonchev–Trinajstić information content (AvgIpc) is 2.30. The highest BCUT2D eigenvalue weighted by Gasteiger charge is 2.71. The number of hydrogen-bond acceptors (Lipinski definition) is 2. The molecule has 1 N–H and O–H groups in total. The first-order valence-corrected chi connectivity index (χ1v) is 7.50. The number of carbonyl (C=O) groups is 1. The molecular formula is C15H23NO2. The number of likely N-dealkylation sites (tertiary alicyclic amines) is 1. The van der Waals surface area contributed by atoms with Gasteiger partial charge in [0.25, 0.3) is 0 Å². The third-order valence-electron chi connectivity index (χ3n) is 6.60. The van der Waals surface area contributed by atoms with Crippen molar-refractivity contribution in [2.24, 2.45) is 29.6 Å². The summed E-state index contributed by atoms with van der Waals surface area (Å²) in [4.78, 5) is 14.2. The van der Waals surface area contributed by atoms with Gasteiger partial charge in [0, 0.05) is 7.05 Å². The SMILES string of the molecule is CC(O)C1C(=O)N(C)C12C1CC3CC(C1)CC2C3. The van der Waals surface area contributed by atoms with Crippen molar-refractivity contribution < 1.29 is 9.90 Å². The van der Waals surface area contributed by atoms with Gasteiger partial charge in [-0.15, -0.1) is 0 Å². The number of amides is 1. The maximum absolute atomic E-state index is 12.2. The first kappa shape index (κ1) is 11.3. The van der Waals surface area contributed by atoms with Crippen LogP contribution in [0.1, 0.15) is 39.0 Å². The Labute approximate surface area is 109 Å². The molecule has 5 aliphatic rings. The van der Waals surface area contributed by atoms with E-state index in [2.05, 4.69) is 0 Å². The Kier molecular flexibility index (Phi) is 2.07. The minimum absolute atomic E-state index is 0.0265. The second-order valence-corrected chi connectivity index (χ2v) is 7.31. The van der Waals surface area contributed by atoms with Crippen LogP contribution in [0.4, 0.5) is 0 Å². The molecule has 0 aromatic carbocycles. The molecule has 1 heterocycles. The van der Waals surface area contributed by atoms with Gasteiger partial charge in [0.05, 0.1) is 17.6 Å². The Morgan fingerprint density at radius 2 is 1.67 bits per heavy atom. The van der Waals surface area contributed by atoms with Crippen molar-refractivity contribution in [2.75, 3.05) is 7.05 Å². The van der Waals surface area contributed by atoms with E-state index in [4.69, 9.17) is 0 Å². The van der Waals surface area contributed by atoms with Crippen LogP contribution in [0.2, 0.25) is 0 Å². The van der Waals surface area contributed by atoms with Gasteiger partial charge in [0.15, 0.2) is 0 Å². The Bertz CT molecular complexity index is 375.